The van der Waals surface area contributed by atoms with Crippen molar-refractivity contribution in [2.45, 2.75) is 96.8 Å². The number of carbonyl (C=O) groups is 2. The van der Waals surface area contributed by atoms with Crippen molar-refractivity contribution in [1.82, 2.24) is 0 Å². The van der Waals surface area contributed by atoms with E-state index >= 15 is 0 Å². The van der Waals surface area contributed by atoms with Gasteiger partial charge in [-0.2, -0.15) is 0 Å². The lowest BCUT2D eigenvalue weighted by molar-refractivity contribution is -0.124. The van der Waals surface area contributed by atoms with Crippen LogP contribution in [0.4, 0.5) is 0 Å². The molecule has 1 fully saturated rings. The lowest BCUT2D eigenvalue weighted by atomic mass is 9.77. The molecule has 1 aliphatic carbocycles. The number of carbonyl (C=O) groups excluding carboxylic acids is 2. The number of ketones is 2. The van der Waals surface area contributed by atoms with Crippen molar-refractivity contribution in [2.24, 2.45) is 11.8 Å². The summed E-state index contributed by atoms with van der Waals surface area (Å²) in [6, 6.07) is 10.7. The minimum absolute atomic E-state index is 0.309. The van der Waals surface area contributed by atoms with Gasteiger partial charge in [-0.05, 0) is 62.8 Å². The smallest absolute Gasteiger partial charge is 0.135 e. The summed E-state index contributed by atoms with van der Waals surface area (Å²) in [6.45, 7) is 1.97. The van der Waals surface area contributed by atoms with E-state index in [1.165, 1.54) is 37.7 Å². The Morgan fingerprint density at radius 2 is 1.52 bits per heavy atom. The molecule has 0 aliphatic heterocycles. The average molecular weight is 371 g/mol. The van der Waals surface area contributed by atoms with Gasteiger partial charge in [0.1, 0.15) is 11.6 Å². The average Bonchev–Trinajstić information content (AvgIpc) is 2.72. The van der Waals surface area contributed by atoms with Crippen LogP contribution in [0.25, 0.3) is 0 Å². The van der Waals surface area contributed by atoms with E-state index < -0.39 is 0 Å². The predicted octanol–water partition coefficient (Wildman–Crippen LogP) is 6.70. The lowest BCUT2D eigenvalue weighted by Gasteiger charge is -2.27. The Bertz CT molecular complexity index is 541. The van der Waals surface area contributed by atoms with Crippen molar-refractivity contribution in [1.29, 1.82) is 0 Å². The predicted molar refractivity (Wildman–Crippen MR) is 113 cm³/mol. The molecule has 1 aromatic rings. The quantitative estimate of drug-likeness (QED) is 0.362. The van der Waals surface area contributed by atoms with Gasteiger partial charge in [0.05, 0.1) is 0 Å². The fourth-order valence-corrected chi connectivity index (χ4v) is 4.38. The Balaban J connectivity index is 1.43. The molecule has 0 atom stereocenters. The van der Waals surface area contributed by atoms with Crippen LogP contribution in [-0.2, 0) is 16.0 Å². The monoisotopic (exact) mass is 370 g/mol. The summed E-state index contributed by atoms with van der Waals surface area (Å²) in [5.74, 6) is 1.87. The van der Waals surface area contributed by atoms with Crippen molar-refractivity contribution < 1.29 is 9.59 Å². The summed E-state index contributed by atoms with van der Waals surface area (Å²) in [5.41, 5.74) is 1.43. The number of benzene rings is 1. The van der Waals surface area contributed by atoms with Gasteiger partial charge in [-0.15, -0.1) is 0 Å². The van der Waals surface area contributed by atoms with E-state index in [4.69, 9.17) is 0 Å². The molecule has 1 aromatic carbocycles. The van der Waals surface area contributed by atoms with E-state index in [0.717, 1.165) is 51.4 Å². The zero-order valence-electron chi connectivity index (χ0n) is 17.3. The van der Waals surface area contributed by atoms with Crippen LogP contribution in [0.1, 0.15) is 96.0 Å². The van der Waals surface area contributed by atoms with Gasteiger partial charge < -0.3 is 0 Å². The number of aryl methyl sites for hydroxylation is 1. The van der Waals surface area contributed by atoms with Gasteiger partial charge in [0.15, 0.2) is 0 Å². The first-order valence-electron chi connectivity index (χ1n) is 11.3. The SMILES string of the molecule is CCC(=O)C1CCC(CCC(=O)CCCCCCCc2ccccc2)CC1. The van der Waals surface area contributed by atoms with Crippen LogP contribution in [0.5, 0.6) is 0 Å². The highest BCUT2D eigenvalue weighted by Gasteiger charge is 2.25. The third-order valence-corrected chi connectivity index (χ3v) is 6.25. The number of unbranched alkanes of at least 4 members (excludes halogenated alkanes) is 4. The molecule has 1 aliphatic rings. The molecule has 27 heavy (non-hydrogen) atoms. The van der Waals surface area contributed by atoms with Crippen molar-refractivity contribution in [3.8, 4) is 0 Å². The van der Waals surface area contributed by atoms with E-state index in [1.54, 1.807) is 0 Å². The number of Topliss-reactive ketones (excluding diaryl/α,β-unsaturated/α-hetero) is 2. The Morgan fingerprint density at radius 3 is 2.22 bits per heavy atom. The van der Waals surface area contributed by atoms with Crippen molar-refractivity contribution in [3.63, 3.8) is 0 Å². The zero-order chi connectivity index (χ0) is 19.3. The molecule has 0 heterocycles. The molecule has 2 rings (SSSR count). The highest BCUT2D eigenvalue weighted by Crippen LogP contribution is 2.32. The van der Waals surface area contributed by atoms with Crippen molar-refractivity contribution in [2.75, 3.05) is 0 Å². The molecule has 0 amide bonds. The van der Waals surface area contributed by atoms with E-state index in [0.29, 0.717) is 29.8 Å². The summed E-state index contributed by atoms with van der Waals surface area (Å²) in [4.78, 5) is 23.9. The summed E-state index contributed by atoms with van der Waals surface area (Å²) >= 11 is 0. The van der Waals surface area contributed by atoms with Gasteiger partial charge in [-0.1, -0.05) is 56.5 Å². The number of hydrogen-bond donors (Lipinski definition) is 0. The normalized spacial score (nSPS) is 19.7. The molecule has 0 saturated heterocycles. The van der Waals surface area contributed by atoms with Crippen molar-refractivity contribution in [3.05, 3.63) is 35.9 Å². The van der Waals surface area contributed by atoms with Gasteiger partial charge in [0, 0.05) is 25.2 Å². The van der Waals surface area contributed by atoms with E-state index in [-0.39, 0.29) is 0 Å². The molecule has 0 N–H and O–H groups in total. The standard InChI is InChI=1S/C25H38O2/c1-2-25(27)23-18-15-22(16-19-23)17-20-24(26)14-10-5-3-4-7-11-21-12-8-6-9-13-21/h6,8-9,12-13,22-23H,2-5,7,10-11,14-20H2,1H3. The second-order valence-electron chi connectivity index (χ2n) is 8.37. The van der Waals surface area contributed by atoms with Gasteiger partial charge >= 0.3 is 0 Å². The maximum Gasteiger partial charge on any atom is 0.135 e. The number of hydrogen-bond acceptors (Lipinski definition) is 2. The van der Waals surface area contributed by atoms with Crippen molar-refractivity contribution >= 4 is 11.6 Å². The Morgan fingerprint density at radius 1 is 0.852 bits per heavy atom. The maximum atomic E-state index is 12.1. The Kier molecular flexibility index (Phi) is 10.4. The van der Waals surface area contributed by atoms with Crippen LogP contribution in [-0.4, -0.2) is 11.6 Å². The maximum absolute atomic E-state index is 12.1. The van der Waals surface area contributed by atoms with E-state index in [1.807, 2.05) is 6.92 Å². The Hall–Kier alpha value is -1.44. The van der Waals surface area contributed by atoms with Crippen LogP contribution in [0.2, 0.25) is 0 Å². The van der Waals surface area contributed by atoms with Crippen LogP contribution in [0, 0.1) is 11.8 Å². The first-order valence-corrected chi connectivity index (χ1v) is 11.3. The van der Waals surface area contributed by atoms with Gasteiger partial charge in [-0.3, -0.25) is 9.59 Å². The van der Waals surface area contributed by atoms with Gasteiger partial charge in [0.25, 0.3) is 0 Å². The first-order chi connectivity index (χ1) is 13.2. The molecule has 0 spiro atoms. The minimum atomic E-state index is 0.309. The number of rotatable bonds is 13. The van der Waals surface area contributed by atoms with Crippen LogP contribution in [0.3, 0.4) is 0 Å². The molecule has 1 saturated carbocycles. The first kappa shape index (κ1) is 21.9. The summed E-state index contributed by atoms with van der Waals surface area (Å²) < 4.78 is 0. The fourth-order valence-electron chi connectivity index (χ4n) is 4.38. The molecule has 0 bridgehead atoms. The third-order valence-electron chi connectivity index (χ3n) is 6.25. The van der Waals surface area contributed by atoms with E-state index in [2.05, 4.69) is 30.3 Å². The minimum Gasteiger partial charge on any atom is -0.300 e. The molecule has 150 valence electrons. The third kappa shape index (κ3) is 8.86. The lowest BCUT2D eigenvalue weighted by Crippen LogP contribution is -2.21. The Labute approximate surface area is 166 Å². The molecule has 2 nitrogen and oxygen atoms in total. The highest BCUT2D eigenvalue weighted by atomic mass is 16.1. The highest BCUT2D eigenvalue weighted by molar-refractivity contribution is 5.80. The second-order valence-corrected chi connectivity index (χ2v) is 8.37. The summed E-state index contributed by atoms with van der Waals surface area (Å²) in [6.07, 6.45) is 14.8. The van der Waals surface area contributed by atoms with Crippen LogP contribution in [0.15, 0.2) is 30.3 Å². The zero-order valence-corrected chi connectivity index (χ0v) is 17.3. The molecule has 0 aromatic heterocycles. The topological polar surface area (TPSA) is 34.1 Å². The summed E-state index contributed by atoms with van der Waals surface area (Å²) in [7, 11) is 0. The molecule has 2 heteroatoms. The fraction of sp³-hybridized carbons (Fsp3) is 0.680. The van der Waals surface area contributed by atoms with E-state index in [9.17, 15) is 9.59 Å². The molecule has 0 unspecified atom stereocenters. The van der Waals surface area contributed by atoms with Gasteiger partial charge in [-0.25, -0.2) is 0 Å². The van der Waals surface area contributed by atoms with Crippen LogP contribution >= 0.6 is 0 Å². The molecule has 0 radical (unpaired) electrons. The van der Waals surface area contributed by atoms with Gasteiger partial charge in [0.2, 0.25) is 0 Å². The van der Waals surface area contributed by atoms with Crippen LogP contribution < -0.4 is 0 Å². The second kappa shape index (κ2) is 12.9. The molecular formula is C25H38O2. The molecular weight excluding hydrogens is 332 g/mol. The summed E-state index contributed by atoms with van der Waals surface area (Å²) in [5, 5.41) is 0. The largest absolute Gasteiger partial charge is 0.300 e.